The average Bonchev–Trinajstić information content (AvgIpc) is 3.31. The number of aryl methyl sites for hydroxylation is 1. The van der Waals surface area contributed by atoms with Gasteiger partial charge in [-0.15, -0.1) is 10.2 Å². The second kappa shape index (κ2) is 11.9. The molecule has 1 aliphatic heterocycles. The molecule has 0 unspecified atom stereocenters. The first-order chi connectivity index (χ1) is 17.0. The number of hydrogen-bond acceptors (Lipinski definition) is 7. The molecular weight excluding hydrogens is 464 g/mol. The Morgan fingerprint density at radius 3 is 2.54 bits per heavy atom. The summed E-state index contributed by atoms with van der Waals surface area (Å²) in [5, 5.41) is 11.3. The van der Waals surface area contributed by atoms with Gasteiger partial charge in [-0.3, -0.25) is 14.5 Å². The standard InChI is InChI=1S/C25H30N6O3S/c1-29-18-26-28-25(29)35-17-23(32)27-21-5-3-4-20(16-21)24(33)31-14-12-30(13-15-31)11-10-19-6-8-22(34-2)9-7-19/h3-9,16,18H,10-15,17H2,1-2H3,(H,27,32). The van der Waals surface area contributed by atoms with E-state index < -0.39 is 0 Å². The highest BCUT2D eigenvalue weighted by Crippen LogP contribution is 2.17. The van der Waals surface area contributed by atoms with Gasteiger partial charge in [0.1, 0.15) is 12.1 Å². The number of hydrogen-bond donors (Lipinski definition) is 1. The highest BCUT2D eigenvalue weighted by atomic mass is 32.2. The number of carbonyl (C=O) groups is 2. The minimum absolute atomic E-state index is 0.00985. The third-order valence-electron chi connectivity index (χ3n) is 5.93. The summed E-state index contributed by atoms with van der Waals surface area (Å²) < 4.78 is 6.97. The van der Waals surface area contributed by atoms with Gasteiger partial charge in [-0.25, -0.2) is 0 Å². The molecule has 0 saturated carbocycles. The SMILES string of the molecule is COc1ccc(CCN2CCN(C(=O)c3cccc(NC(=O)CSc4nncn4C)c3)CC2)cc1. The first-order valence-corrected chi connectivity index (χ1v) is 12.5. The smallest absolute Gasteiger partial charge is 0.254 e. The van der Waals surface area contributed by atoms with E-state index >= 15 is 0 Å². The van der Waals surface area contributed by atoms with E-state index in [2.05, 4.69) is 32.5 Å². The monoisotopic (exact) mass is 494 g/mol. The van der Waals surface area contributed by atoms with E-state index in [0.29, 0.717) is 29.5 Å². The zero-order valence-electron chi connectivity index (χ0n) is 20.0. The Kier molecular flexibility index (Phi) is 8.38. The van der Waals surface area contributed by atoms with E-state index in [0.717, 1.165) is 31.8 Å². The highest BCUT2D eigenvalue weighted by Gasteiger charge is 2.22. The molecule has 9 nitrogen and oxygen atoms in total. The maximum Gasteiger partial charge on any atom is 0.254 e. The van der Waals surface area contributed by atoms with Gasteiger partial charge in [-0.05, 0) is 42.3 Å². The zero-order chi connectivity index (χ0) is 24.6. The number of rotatable bonds is 9. The summed E-state index contributed by atoms with van der Waals surface area (Å²) in [6.45, 7) is 4.02. The Bertz CT molecular complexity index is 1140. The van der Waals surface area contributed by atoms with Crippen molar-refractivity contribution in [1.29, 1.82) is 0 Å². The summed E-state index contributed by atoms with van der Waals surface area (Å²) in [6.07, 6.45) is 2.56. The van der Waals surface area contributed by atoms with Crippen molar-refractivity contribution in [2.45, 2.75) is 11.6 Å². The minimum Gasteiger partial charge on any atom is -0.497 e. The molecule has 1 N–H and O–H groups in total. The molecule has 184 valence electrons. The Morgan fingerprint density at radius 1 is 1.09 bits per heavy atom. The highest BCUT2D eigenvalue weighted by molar-refractivity contribution is 7.99. The fourth-order valence-corrected chi connectivity index (χ4v) is 4.59. The number of amides is 2. The van der Waals surface area contributed by atoms with E-state index in [1.807, 2.05) is 24.1 Å². The van der Waals surface area contributed by atoms with Crippen molar-refractivity contribution >= 4 is 29.3 Å². The Hall–Kier alpha value is -3.37. The average molecular weight is 495 g/mol. The van der Waals surface area contributed by atoms with Crippen molar-refractivity contribution in [3.8, 4) is 5.75 Å². The molecule has 2 heterocycles. The van der Waals surface area contributed by atoms with Crippen molar-refractivity contribution in [3.05, 3.63) is 66.0 Å². The fraction of sp³-hybridized carbons (Fsp3) is 0.360. The summed E-state index contributed by atoms with van der Waals surface area (Å²) >= 11 is 1.31. The van der Waals surface area contributed by atoms with Crippen LogP contribution in [0.25, 0.3) is 0 Å². The van der Waals surface area contributed by atoms with Crippen molar-refractivity contribution in [2.24, 2.45) is 7.05 Å². The Morgan fingerprint density at radius 2 is 1.86 bits per heavy atom. The lowest BCUT2D eigenvalue weighted by Gasteiger charge is -2.34. The van der Waals surface area contributed by atoms with Gasteiger partial charge in [-0.1, -0.05) is 30.0 Å². The molecule has 0 radical (unpaired) electrons. The number of carbonyl (C=O) groups excluding carboxylic acids is 2. The topological polar surface area (TPSA) is 92.6 Å². The van der Waals surface area contributed by atoms with Gasteiger partial charge >= 0.3 is 0 Å². The molecule has 35 heavy (non-hydrogen) atoms. The third-order valence-corrected chi connectivity index (χ3v) is 6.97. The summed E-state index contributed by atoms with van der Waals surface area (Å²) in [5.41, 5.74) is 2.46. The predicted octanol–water partition coefficient (Wildman–Crippen LogP) is 2.56. The Labute approximate surface area is 209 Å². The molecule has 1 aromatic heterocycles. The van der Waals surface area contributed by atoms with Crippen LogP contribution in [0.5, 0.6) is 5.75 Å². The molecular formula is C25H30N6O3S. The van der Waals surface area contributed by atoms with Crippen molar-refractivity contribution < 1.29 is 14.3 Å². The van der Waals surface area contributed by atoms with E-state index in [9.17, 15) is 9.59 Å². The van der Waals surface area contributed by atoms with E-state index in [1.54, 1.807) is 42.3 Å². The van der Waals surface area contributed by atoms with Crippen LogP contribution < -0.4 is 10.1 Å². The first kappa shape index (κ1) is 24.7. The van der Waals surface area contributed by atoms with Gasteiger partial charge in [0.05, 0.1) is 12.9 Å². The molecule has 2 amide bonds. The van der Waals surface area contributed by atoms with Crippen LogP contribution >= 0.6 is 11.8 Å². The molecule has 1 saturated heterocycles. The number of aromatic nitrogens is 3. The van der Waals surface area contributed by atoms with Crippen LogP contribution in [-0.2, 0) is 18.3 Å². The van der Waals surface area contributed by atoms with E-state index in [4.69, 9.17) is 4.74 Å². The van der Waals surface area contributed by atoms with Crippen LogP contribution in [0.2, 0.25) is 0 Å². The second-order valence-corrected chi connectivity index (χ2v) is 9.32. The third kappa shape index (κ3) is 6.83. The number of benzene rings is 2. The van der Waals surface area contributed by atoms with Crippen LogP contribution in [0.1, 0.15) is 15.9 Å². The molecule has 0 spiro atoms. The summed E-state index contributed by atoms with van der Waals surface area (Å²) in [6, 6.07) is 15.3. The molecule has 4 rings (SSSR count). The van der Waals surface area contributed by atoms with Crippen LogP contribution in [-0.4, -0.2) is 82.0 Å². The number of methoxy groups -OCH3 is 1. The number of anilines is 1. The first-order valence-electron chi connectivity index (χ1n) is 11.5. The van der Waals surface area contributed by atoms with Gasteiger partial charge in [0.2, 0.25) is 5.91 Å². The van der Waals surface area contributed by atoms with Crippen molar-refractivity contribution in [2.75, 3.05) is 50.9 Å². The number of nitrogens with zero attached hydrogens (tertiary/aromatic N) is 5. The van der Waals surface area contributed by atoms with Gasteiger partial charge in [0, 0.05) is 51.0 Å². The van der Waals surface area contributed by atoms with Crippen molar-refractivity contribution in [3.63, 3.8) is 0 Å². The zero-order valence-corrected chi connectivity index (χ0v) is 20.8. The largest absolute Gasteiger partial charge is 0.497 e. The predicted molar refractivity (Wildman–Crippen MR) is 136 cm³/mol. The van der Waals surface area contributed by atoms with Crippen LogP contribution in [0.3, 0.4) is 0 Å². The normalized spacial score (nSPS) is 14.1. The second-order valence-electron chi connectivity index (χ2n) is 8.37. The number of piperazine rings is 1. The molecule has 2 aromatic carbocycles. The number of thioether (sulfide) groups is 1. The van der Waals surface area contributed by atoms with Gasteiger partial charge in [-0.2, -0.15) is 0 Å². The fourth-order valence-electron chi connectivity index (χ4n) is 3.90. The maximum absolute atomic E-state index is 13.1. The molecule has 0 atom stereocenters. The van der Waals surface area contributed by atoms with E-state index in [1.165, 1.54) is 17.3 Å². The van der Waals surface area contributed by atoms with Gasteiger partial charge in [0.25, 0.3) is 5.91 Å². The summed E-state index contributed by atoms with van der Waals surface area (Å²) in [7, 11) is 3.50. The van der Waals surface area contributed by atoms with Crippen LogP contribution in [0.15, 0.2) is 60.0 Å². The quantitative estimate of drug-likeness (QED) is 0.457. The summed E-state index contributed by atoms with van der Waals surface area (Å²) in [4.78, 5) is 29.7. The Balaban J connectivity index is 1.24. The molecule has 10 heteroatoms. The molecule has 0 aliphatic carbocycles. The molecule has 0 bridgehead atoms. The van der Waals surface area contributed by atoms with Crippen LogP contribution in [0.4, 0.5) is 5.69 Å². The lowest BCUT2D eigenvalue weighted by atomic mass is 10.1. The summed E-state index contributed by atoms with van der Waals surface area (Å²) in [5.74, 6) is 0.909. The van der Waals surface area contributed by atoms with Gasteiger partial charge < -0.3 is 19.5 Å². The van der Waals surface area contributed by atoms with Gasteiger partial charge in [0.15, 0.2) is 5.16 Å². The molecule has 1 fully saturated rings. The minimum atomic E-state index is -0.159. The van der Waals surface area contributed by atoms with E-state index in [-0.39, 0.29) is 17.6 Å². The van der Waals surface area contributed by atoms with Crippen LogP contribution in [0, 0.1) is 0 Å². The lowest BCUT2D eigenvalue weighted by Crippen LogP contribution is -2.49. The lowest BCUT2D eigenvalue weighted by molar-refractivity contribution is -0.113. The maximum atomic E-state index is 13.1. The number of ether oxygens (including phenoxy) is 1. The number of nitrogens with one attached hydrogen (secondary N) is 1. The van der Waals surface area contributed by atoms with Crippen molar-refractivity contribution in [1.82, 2.24) is 24.6 Å². The molecule has 3 aromatic rings. The molecule has 1 aliphatic rings.